The van der Waals surface area contributed by atoms with E-state index >= 15 is 0 Å². The van der Waals surface area contributed by atoms with Gasteiger partial charge in [0.2, 0.25) is 5.95 Å². The third-order valence-corrected chi connectivity index (χ3v) is 10.3. The molecular weight excluding hydrogens is 549 g/mol. The number of carboxylic acids is 1. The largest absolute Gasteiger partial charge is 0.481 e. The Morgan fingerprint density at radius 2 is 1.88 bits per heavy atom. The molecule has 0 spiro atoms. The summed E-state index contributed by atoms with van der Waals surface area (Å²) in [7, 11) is 0. The second kappa shape index (κ2) is 10.9. The number of aromatic nitrogens is 2. The highest BCUT2D eigenvalue weighted by Gasteiger charge is 2.49. The quantitative estimate of drug-likeness (QED) is 0.338. The molecule has 216 valence electrons. The van der Waals surface area contributed by atoms with Crippen molar-refractivity contribution in [2.75, 3.05) is 36.4 Å². The Kier molecular flexibility index (Phi) is 7.66. The molecule has 3 heterocycles. The molecule has 1 unspecified atom stereocenters. The average molecular weight is 589 g/mol. The van der Waals surface area contributed by atoms with Gasteiger partial charge in [0, 0.05) is 47.5 Å². The summed E-state index contributed by atoms with van der Waals surface area (Å²) >= 11 is 12.6. The van der Waals surface area contributed by atoms with Crippen molar-refractivity contribution < 1.29 is 15.0 Å². The van der Waals surface area contributed by atoms with E-state index in [1.165, 1.54) is 12.8 Å². The zero-order chi connectivity index (χ0) is 28.2. The van der Waals surface area contributed by atoms with Crippen LogP contribution in [0.4, 0.5) is 11.8 Å². The number of piperidine rings is 1. The molecule has 8 nitrogen and oxygen atoms in total. The number of hydrogen-bond acceptors (Lipinski definition) is 7. The Morgan fingerprint density at radius 3 is 2.55 bits per heavy atom. The first kappa shape index (κ1) is 28.0. The van der Waals surface area contributed by atoms with Crippen LogP contribution in [0.3, 0.4) is 0 Å². The number of aliphatic hydroxyl groups is 1. The predicted octanol–water partition coefficient (Wildman–Crippen LogP) is 5.80. The van der Waals surface area contributed by atoms with E-state index in [0.29, 0.717) is 39.7 Å². The summed E-state index contributed by atoms with van der Waals surface area (Å²) in [6.45, 7) is 7.86. The maximum absolute atomic E-state index is 11.5. The minimum absolute atomic E-state index is 0.135. The van der Waals surface area contributed by atoms with Crippen molar-refractivity contribution in [1.82, 2.24) is 14.9 Å². The zero-order valence-corrected chi connectivity index (χ0v) is 24.7. The van der Waals surface area contributed by atoms with Gasteiger partial charge in [-0.25, -0.2) is 4.98 Å². The van der Waals surface area contributed by atoms with Gasteiger partial charge >= 0.3 is 5.97 Å². The van der Waals surface area contributed by atoms with Crippen LogP contribution in [0.15, 0.2) is 24.4 Å². The molecule has 3 N–H and O–H groups in total. The van der Waals surface area contributed by atoms with Gasteiger partial charge in [0.15, 0.2) is 0 Å². The van der Waals surface area contributed by atoms with Gasteiger partial charge in [0.05, 0.1) is 17.6 Å². The highest BCUT2D eigenvalue weighted by atomic mass is 35.5. The minimum Gasteiger partial charge on any atom is -0.481 e. The number of carboxylic acid groups (broad SMARTS) is 1. The summed E-state index contributed by atoms with van der Waals surface area (Å²) < 4.78 is 0. The Morgan fingerprint density at radius 1 is 1.12 bits per heavy atom. The number of rotatable bonds is 9. The Hall–Kier alpha value is -2.13. The first-order valence-electron chi connectivity index (χ1n) is 14.6. The van der Waals surface area contributed by atoms with E-state index in [0.717, 1.165) is 63.0 Å². The molecule has 2 saturated heterocycles. The van der Waals surface area contributed by atoms with Gasteiger partial charge < -0.3 is 25.3 Å². The highest BCUT2D eigenvalue weighted by Crippen LogP contribution is 2.46. The Balaban J connectivity index is 1.11. The molecule has 0 radical (unpaired) electrons. The Labute approximate surface area is 246 Å². The molecule has 1 aromatic heterocycles. The van der Waals surface area contributed by atoms with Crippen LogP contribution < -0.4 is 10.2 Å². The Bertz CT molecular complexity index is 1260. The molecule has 0 bridgehead atoms. The first-order valence-corrected chi connectivity index (χ1v) is 15.4. The number of halogens is 2. The van der Waals surface area contributed by atoms with Crippen LogP contribution in [0.25, 0.3) is 0 Å². The average Bonchev–Trinajstić information content (AvgIpc) is 3.71. The molecule has 2 aliphatic carbocycles. The fourth-order valence-electron chi connectivity index (χ4n) is 6.81. The molecule has 0 amide bonds. The molecule has 40 heavy (non-hydrogen) atoms. The van der Waals surface area contributed by atoms with Gasteiger partial charge in [0.1, 0.15) is 5.82 Å². The van der Waals surface area contributed by atoms with Crippen LogP contribution in [-0.2, 0) is 4.79 Å². The lowest BCUT2D eigenvalue weighted by Gasteiger charge is -2.52. The second-order valence-corrected chi connectivity index (χ2v) is 13.6. The maximum atomic E-state index is 11.5. The van der Waals surface area contributed by atoms with Crippen LogP contribution in [0.1, 0.15) is 75.6 Å². The van der Waals surface area contributed by atoms with E-state index in [9.17, 15) is 15.0 Å². The van der Waals surface area contributed by atoms with Crippen molar-refractivity contribution in [3.63, 3.8) is 0 Å². The molecule has 4 aliphatic rings. The standard InChI is InChI=1S/C30H39Cl2N5O3/c1-17(23-8-7-21(31)10-25(23)32)34-27-24(26(38)18-5-6-18)13-33-29(35-27)37-15-20(16-37)19-4-3-9-36(14-19)22-11-30(2,12-22)28(39)40/h7-8,10,13,17-20,22,26,38H,3-6,9,11-12,14-16H2,1-2H3,(H,39,40)(H,33,34,35)/t17-,19+,22-,26?,30-/m1/s1. The van der Waals surface area contributed by atoms with E-state index in [1.807, 2.05) is 26.0 Å². The summed E-state index contributed by atoms with van der Waals surface area (Å²) in [5.74, 6) is 2.13. The fourth-order valence-corrected chi connectivity index (χ4v) is 7.38. The van der Waals surface area contributed by atoms with Gasteiger partial charge in [0.25, 0.3) is 0 Å². The summed E-state index contributed by atoms with van der Waals surface area (Å²) in [5, 5.41) is 25.1. The summed E-state index contributed by atoms with van der Waals surface area (Å²) in [6, 6.07) is 5.75. The van der Waals surface area contributed by atoms with E-state index in [2.05, 4.69) is 20.1 Å². The number of aliphatic hydroxyl groups excluding tert-OH is 1. The van der Waals surface area contributed by atoms with Crippen LogP contribution in [0, 0.1) is 23.2 Å². The van der Waals surface area contributed by atoms with Crippen LogP contribution in [0.2, 0.25) is 10.0 Å². The SMILES string of the molecule is C[C@@H](Nc1nc(N2CC([C@H]3CCCN([C@H]4C[C@](C)(C(=O)O)C4)C3)C2)ncc1C(O)C1CC1)c1ccc(Cl)cc1Cl. The topological polar surface area (TPSA) is 102 Å². The molecule has 3 atom stereocenters. The molecule has 1 aromatic carbocycles. The smallest absolute Gasteiger partial charge is 0.309 e. The van der Waals surface area contributed by atoms with Gasteiger partial charge in [-0.2, -0.15) is 4.98 Å². The van der Waals surface area contributed by atoms with Crippen LogP contribution >= 0.6 is 23.2 Å². The minimum atomic E-state index is -0.665. The molecule has 10 heteroatoms. The van der Waals surface area contributed by atoms with E-state index in [4.69, 9.17) is 28.2 Å². The van der Waals surface area contributed by atoms with Crippen molar-refractivity contribution in [2.24, 2.45) is 23.2 Å². The lowest BCUT2D eigenvalue weighted by Crippen LogP contribution is -2.58. The van der Waals surface area contributed by atoms with E-state index < -0.39 is 17.5 Å². The van der Waals surface area contributed by atoms with Gasteiger partial charge in [-0.15, -0.1) is 0 Å². The van der Waals surface area contributed by atoms with E-state index in [1.54, 1.807) is 12.3 Å². The molecule has 6 rings (SSSR count). The van der Waals surface area contributed by atoms with Crippen LogP contribution in [-0.4, -0.2) is 63.3 Å². The fraction of sp³-hybridized carbons (Fsp3) is 0.633. The third kappa shape index (κ3) is 5.52. The van der Waals surface area contributed by atoms with Gasteiger partial charge in [-0.05, 0) is 94.4 Å². The van der Waals surface area contributed by atoms with Gasteiger partial charge in [-0.3, -0.25) is 4.79 Å². The molecule has 2 aromatic rings. The predicted molar refractivity (Wildman–Crippen MR) is 157 cm³/mol. The number of nitrogens with one attached hydrogen (secondary N) is 1. The number of anilines is 2. The first-order chi connectivity index (χ1) is 19.1. The summed E-state index contributed by atoms with van der Waals surface area (Å²) in [6.07, 6.45) is 7.14. The number of hydrogen-bond donors (Lipinski definition) is 3. The lowest BCUT2D eigenvalue weighted by molar-refractivity contribution is -0.158. The molecule has 2 aliphatic heterocycles. The maximum Gasteiger partial charge on any atom is 0.309 e. The van der Waals surface area contributed by atoms with Crippen LogP contribution in [0.5, 0.6) is 0 Å². The molecule has 2 saturated carbocycles. The normalized spacial score (nSPS) is 28.9. The van der Waals surface area contributed by atoms with E-state index in [-0.39, 0.29) is 12.0 Å². The number of likely N-dealkylation sites (tertiary alicyclic amines) is 1. The number of carbonyl (C=O) groups is 1. The number of benzene rings is 1. The highest BCUT2D eigenvalue weighted by molar-refractivity contribution is 6.35. The summed E-state index contributed by atoms with van der Waals surface area (Å²) in [5.41, 5.74) is 1.10. The number of nitrogens with zero attached hydrogens (tertiary/aromatic N) is 4. The van der Waals surface area contributed by atoms with Gasteiger partial charge in [-0.1, -0.05) is 29.3 Å². The van der Waals surface area contributed by atoms with Crippen molar-refractivity contribution in [3.8, 4) is 0 Å². The third-order valence-electron chi connectivity index (χ3n) is 9.73. The van der Waals surface area contributed by atoms with Crippen molar-refractivity contribution in [2.45, 2.75) is 70.6 Å². The van der Waals surface area contributed by atoms with Crippen molar-refractivity contribution in [1.29, 1.82) is 0 Å². The second-order valence-electron chi connectivity index (χ2n) is 12.8. The lowest BCUT2D eigenvalue weighted by atomic mass is 9.65. The molecular formula is C30H39Cl2N5O3. The number of aliphatic carboxylic acids is 1. The monoisotopic (exact) mass is 587 g/mol. The van der Waals surface area contributed by atoms with Crippen molar-refractivity contribution in [3.05, 3.63) is 45.6 Å². The zero-order valence-electron chi connectivity index (χ0n) is 23.2. The molecule has 4 fully saturated rings. The summed E-state index contributed by atoms with van der Waals surface area (Å²) in [4.78, 5) is 25.9. The van der Waals surface area contributed by atoms with Crippen molar-refractivity contribution >= 4 is 40.9 Å².